The summed E-state index contributed by atoms with van der Waals surface area (Å²) in [5.41, 5.74) is 0.921. The van der Waals surface area contributed by atoms with E-state index in [1.165, 1.54) is 28.8 Å². The Kier molecular flexibility index (Phi) is 5.36. The summed E-state index contributed by atoms with van der Waals surface area (Å²) in [4.78, 5) is 0.0879. The number of furan rings is 1. The van der Waals surface area contributed by atoms with Crippen LogP contribution in [0.15, 0.2) is 35.3 Å². The number of alkyl halides is 1. The predicted molar refractivity (Wildman–Crippen MR) is 86.6 cm³/mol. The van der Waals surface area contributed by atoms with Gasteiger partial charge in [0.25, 0.3) is 0 Å². The fourth-order valence-corrected chi connectivity index (χ4v) is 5.03. The van der Waals surface area contributed by atoms with Crippen LogP contribution in [0.1, 0.15) is 11.3 Å². The maximum absolute atomic E-state index is 12.5. The number of nitrogens with zero attached hydrogens (tertiary/aromatic N) is 1. The first-order chi connectivity index (χ1) is 9.34. The smallest absolute Gasteiger partial charge is 0.247 e. The van der Waals surface area contributed by atoms with Crippen LogP contribution in [0.3, 0.4) is 0 Å². The van der Waals surface area contributed by atoms with Crippen LogP contribution in [-0.4, -0.2) is 19.8 Å². The van der Waals surface area contributed by atoms with Crippen LogP contribution in [0.5, 0.6) is 0 Å². The van der Waals surface area contributed by atoms with Crippen molar-refractivity contribution in [3.8, 4) is 0 Å². The molecule has 0 aliphatic carbocycles. The summed E-state index contributed by atoms with van der Waals surface area (Å²) < 4.78 is 32.6. The van der Waals surface area contributed by atoms with Crippen LogP contribution in [0, 0.1) is 0 Å². The summed E-state index contributed by atoms with van der Waals surface area (Å²) in [6.07, 6.45) is 0. The number of halogens is 3. The van der Waals surface area contributed by atoms with Crippen molar-refractivity contribution in [3.63, 3.8) is 0 Å². The third kappa shape index (κ3) is 3.48. The van der Waals surface area contributed by atoms with Crippen molar-refractivity contribution in [2.45, 2.75) is 17.3 Å². The highest BCUT2D eigenvalue weighted by Gasteiger charge is 2.27. The Morgan fingerprint density at radius 3 is 2.60 bits per heavy atom. The zero-order valence-electron chi connectivity index (χ0n) is 10.3. The molecule has 4 nitrogen and oxygen atoms in total. The molecule has 0 unspecified atom stereocenters. The predicted octanol–water partition coefficient (Wildman–Crippen LogP) is 4.43. The molecular formula is C11H10Br2ClNO3S2. The molecule has 0 saturated carbocycles. The molecule has 0 aliphatic rings. The number of thiophene rings is 1. The van der Waals surface area contributed by atoms with Gasteiger partial charge in [-0.05, 0) is 48.9 Å². The van der Waals surface area contributed by atoms with Gasteiger partial charge in [0.05, 0.1) is 9.67 Å². The Morgan fingerprint density at radius 2 is 2.10 bits per heavy atom. The summed E-state index contributed by atoms with van der Waals surface area (Å²) in [6, 6.07) is 3.33. The molecule has 0 radical (unpaired) electrons. The molecule has 0 aliphatic heterocycles. The van der Waals surface area contributed by atoms with Gasteiger partial charge in [-0.3, -0.25) is 0 Å². The molecule has 2 rings (SSSR count). The molecule has 0 bridgehead atoms. The molecule has 20 heavy (non-hydrogen) atoms. The molecule has 0 fully saturated rings. The first kappa shape index (κ1) is 16.5. The Bertz CT molecular complexity index is 711. The van der Waals surface area contributed by atoms with Gasteiger partial charge in [0.15, 0.2) is 4.67 Å². The molecule has 0 N–H and O–H groups in total. The lowest BCUT2D eigenvalue weighted by atomic mass is 10.3. The van der Waals surface area contributed by atoms with Gasteiger partial charge in [0.2, 0.25) is 10.0 Å². The van der Waals surface area contributed by atoms with E-state index >= 15 is 0 Å². The molecule has 110 valence electrons. The summed E-state index contributed by atoms with van der Waals surface area (Å²) in [5.74, 6) is 0.527. The molecule has 0 atom stereocenters. The van der Waals surface area contributed by atoms with E-state index in [0.29, 0.717) is 5.76 Å². The van der Waals surface area contributed by atoms with Gasteiger partial charge < -0.3 is 4.42 Å². The third-order valence-electron chi connectivity index (χ3n) is 2.55. The number of rotatable bonds is 5. The quantitative estimate of drug-likeness (QED) is 0.617. The van der Waals surface area contributed by atoms with Crippen LogP contribution >= 0.6 is 54.8 Å². The molecule has 2 aromatic heterocycles. The van der Waals surface area contributed by atoms with Gasteiger partial charge in [0, 0.05) is 19.7 Å². The summed E-state index contributed by atoms with van der Waals surface area (Å²) in [6.45, 7) is 0.290. The number of hydrogen-bond donors (Lipinski definition) is 0. The van der Waals surface area contributed by atoms with Gasteiger partial charge >= 0.3 is 0 Å². The largest absolute Gasteiger partial charge is 0.452 e. The average Bonchev–Trinajstić information content (AvgIpc) is 2.95. The molecular weight excluding hydrogens is 454 g/mol. The fraction of sp³-hybridized carbons (Fsp3) is 0.273. The van der Waals surface area contributed by atoms with Gasteiger partial charge in [-0.1, -0.05) is 0 Å². The fourth-order valence-electron chi connectivity index (χ4n) is 1.58. The zero-order chi connectivity index (χ0) is 14.9. The third-order valence-corrected chi connectivity index (χ3v) is 7.03. The lowest BCUT2D eigenvalue weighted by Crippen LogP contribution is -2.26. The zero-order valence-corrected chi connectivity index (χ0v) is 15.8. The van der Waals surface area contributed by atoms with Gasteiger partial charge in [0.1, 0.15) is 10.7 Å². The van der Waals surface area contributed by atoms with Crippen LogP contribution in [0.25, 0.3) is 0 Å². The number of sulfonamides is 1. The van der Waals surface area contributed by atoms with Crippen molar-refractivity contribution < 1.29 is 12.8 Å². The maximum atomic E-state index is 12.5. The van der Waals surface area contributed by atoms with E-state index in [1.54, 1.807) is 0 Å². The van der Waals surface area contributed by atoms with E-state index < -0.39 is 10.0 Å². The van der Waals surface area contributed by atoms with Gasteiger partial charge in [-0.25, -0.2) is 8.42 Å². The van der Waals surface area contributed by atoms with E-state index in [4.69, 9.17) is 16.0 Å². The van der Waals surface area contributed by atoms with E-state index in [1.807, 2.05) is 11.4 Å². The molecule has 0 amide bonds. The Balaban J connectivity index is 2.26. The standard InChI is InChI=1S/C11H10Br2ClNO3S2/c1-15(5-7-2-10(12)19-6-7)20(16,17)9-3-8(4-14)18-11(9)13/h2-3,6H,4-5H2,1H3. The lowest BCUT2D eigenvalue weighted by Gasteiger charge is -2.15. The monoisotopic (exact) mass is 461 g/mol. The molecule has 2 heterocycles. The second-order valence-electron chi connectivity index (χ2n) is 4.00. The van der Waals surface area contributed by atoms with Crippen LogP contribution < -0.4 is 0 Å². The minimum Gasteiger partial charge on any atom is -0.452 e. The summed E-state index contributed by atoms with van der Waals surface area (Å²) >= 11 is 13.6. The highest BCUT2D eigenvalue weighted by Crippen LogP contribution is 2.30. The van der Waals surface area contributed by atoms with Crippen molar-refractivity contribution in [3.05, 3.63) is 37.3 Å². The van der Waals surface area contributed by atoms with Crippen molar-refractivity contribution in [2.24, 2.45) is 0 Å². The van der Waals surface area contributed by atoms with Crippen LogP contribution in [-0.2, 0) is 22.4 Å². The second kappa shape index (κ2) is 6.50. The van der Waals surface area contributed by atoms with Gasteiger partial charge in [-0.2, -0.15) is 4.31 Å². The van der Waals surface area contributed by atoms with Crippen LogP contribution in [0.4, 0.5) is 0 Å². The Labute approximate surface area is 143 Å². The molecule has 0 saturated heterocycles. The van der Waals surface area contributed by atoms with Crippen molar-refractivity contribution in [2.75, 3.05) is 7.05 Å². The summed E-state index contributed by atoms with van der Waals surface area (Å²) in [7, 11) is -2.10. The topological polar surface area (TPSA) is 50.5 Å². The minimum atomic E-state index is -3.62. The van der Waals surface area contributed by atoms with E-state index in [0.717, 1.165) is 9.35 Å². The minimum absolute atomic E-state index is 0.0879. The normalized spacial score (nSPS) is 12.2. The van der Waals surface area contributed by atoms with Crippen molar-refractivity contribution in [1.29, 1.82) is 0 Å². The van der Waals surface area contributed by atoms with E-state index in [-0.39, 0.29) is 22.0 Å². The SMILES string of the molecule is CN(Cc1csc(Br)c1)S(=O)(=O)c1cc(CCl)oc1Br. The van der Waals surface area contributed by atoms with Gasteiger partial charge in [-0.15, -0.1) is 22.9 Å². The molecule has 0 aromatic carbocycles. The first-order valence-electron chi connectivity index (χ1n) is 5.38. The summed E-state index contributed by atoms with van der Waals surface area (Å²) in [5, 5.41) is 1.91. The van der Waals surface area contributed by atoms with E-state index in [9.17, 15) is 8.42 Å². The Morgan fingerprint density at radius 1 is 1.40 bits per heavy atom. The average molecular weight is 464 g/mol. The highest BCUT2D eigenvalue weighted by molar-refractivity contribution is 9.11. The van der Waals surface area contributed by atoms with Crippen molar-refractivity contribution >= 4 is 64.8 Å². The Hall–Kier alpha value is 0.140. The lowest BCUT2D eigenvalue weighted by molar-refractivity contribution is 0.460. The molecule has 2 aromatic rings. The second-order valence-corrected chi connectivity index (χ2v) is 9.30. The van der Waals surface area contributed by atoms with Crippen LogP contribution in [0.2, 0.25) is 0 Å². The maximum Gasteiger partial charge on any atom is 0.247 e. The molecule has 9 heteroatoms. The van der Waals surface area contributed by atoms with Crippen molar-refractivity contribution in [1.82, 2.24) is 4.31 Å². The highest BCUT2D eigenvalue weighted by atomic mass is 79.9. The first-order valence-corrected chi connectivity index (χ1v) is 9.82. The number of hydrogen-bond acceptors (Lipinski definition) is 4. The molecule has 0 spiro atoms. The van der Waals surface area contributed by atoms with E-state index in [2.05, 4.69) is 31.9 Å².